The van der Waals surface area contributed by atoms with E-state index in [1.807, 2.05) is 6.92 Å². The summed E-state index contributed by atoms with van der Waals surface area (Å²) in [6.45, 7) is 9.95. The summed E-state index contributed by atoms with van der Waals surface area (Å²) < 4.78 is 0. The molecular formula is C12H24BrNO. The predicted molar refractivity (Wildman–Crippen MR) is 68.4 cm³/mol. The summed E-state index contributed by atoms with van der Waals surface area (Å²) in [6.07, 6.45) is 2.17. The summed E-state index contributed by atoms with van der Waals surface area (Å²) in [7, 11) is 0. The van der Waals surface area contributed by atoms with Crippen molar-refractivity contribution in [1.82, 2.24) is 4.90 Å². The Hall–Kier alpha value is 0.400. The van der Waals surface area contributed by atoms with E-state index < -0.39 is 0 Å². The van der Waals surface area contributed by atoms with Gasteiger partial charge in [0.2, 0.25) is 0 Å². The molecule has 0 aromatic carbocycles. The fourth-order valence-electron chi connectivity index (χ4n) is 2.24. The smallest absolute Gasteiger partial charge is 0.0541 e. The van der Waals surface area contributed by atoms with Gasteiger partial charge in [0, 0.05) is 11.9 Å². The van der Waals surface area contributed by atoms with Crippen LogP contribution in [0.2, 0.25) is 0 Å². The van der Waals surface area contributed by atoms with E-state index in [2.05, 4.69) is 34.7 Å². The highest BCUT2D eigenvalue weighted by Gasteiger charge is 2.26. The van der Waals surface area contributed by atoms with Gasteiger partial charge in [-0.1, -0.05) is 29.8 Å². The van der Waals surface area contributed by atoms with Gasteiger partial charge in [0.1, 0.15) is 0 Å². The van der Waals surface area contributed by atoms with Crippen LogP contribution in [0.3, 0.4) is 0 Å². The van der Waals surface area contributed by atoms with Gasteiger partial charge in [0.25, 0.3) is 0 Å². The first-order chi connectivity index (χ1) is 6.94. The maximum Gasteiger partial charge on any atom is 0.0541 e. The minimum absolute atomic E-state index is 0.128. The van der Waals surface area contributed by atoms with E-state index in [4.69, 9.17) is 0 Å². The lowest BCUT2D eigenvalue weighted by atomic mass is 9.89. The molecule has 1 aliphatic rings. The number of halogens is 1. The Kier molecular flexibility index (Phi) is 5.07. The van der Waals surface area contributed by atoms with Crippen LogP contribution in [0.4, 0.5) is 0 Å². The van der Waals surface area contributed by atoms with Gasteiger partial charge in [0.05, 0.1) is 6.10 Å². The average molecular weight is 278 g/mol. The molecule has 2 nitrogen and oxygen atoms in total. The molecule has 0 amide bonds. The molecule has 0 aromatic heterocycles. The SMILES string of the molecule is CC(O)C1CCN(CC(C)(C)CBr)CC1. The van der Waals surface area contributed by atoms with E-state index in [0.717, 1.165) is 37.8 Å². The van der Waals surface area contributed by atoms with Gasteiger partial charge in [-0.25, -0.2) is 0 Å². The number of nitrogens with zero attached hydrogens (tertiary/aromatic N) is 1. The van der Waals surface area contributed by atoms with Gasteiger partial charge < -0.3 is 10.0 Å². The van der Waals surface area contributed by atoms with E-state index >= 15 is 0 Å². The zero-order valence-corrected chi connectivity index (χ0v) is 11.8. The number of rotatable bonds is 4. The second-order valence-electron chi connectivity index (χ2n) is 5.65. The molecule has 0 radical (unpaired) electrons. The molecule has 1 unspecified atom stereocenters. The third kappa shape index (κ3) is 4.41. The van der Waals surface area contributed by atoms with Gasteiger partial charge in [0.15, 0.2) is 0 Å². The van der Waals surface area contributed by atoms with Crippen molar-refractivity contribution in [1.29, 1.82) is 0 Å². The first-order valence-corrected chi connectivity index (χ1v) is 7.03. The van der Waals surface area contributed by atoms with E-state index in [1.165, 1.54) is 0 Å². The van der Waals surface area contributed by atoms with Crippen molar-refractivity contribution in [3.05, 3.63) is 0 Å². The Labute approximate surface area is 102 Å². The van der Waals surface area contributed by atoms with Crippen molar-refractivity contribution in [2.24, 2.45) is 11.3 Å². The van der Waals surface area contributed by atoms with Crippen LogP contribution < -0.4 is 0 Å². The van der Waals surface area contributed by atoms with Crippen LogP contribution in [0.5, 0.6) is 0 Å². The topological polar surface area (TPSA) is 23.5 Å². The number of piperidine rings is 1. The molecule has 0 saturated carbocycles. The van der Waals surface area contributed by atoms with Crippen molar-refractivity contribution >= 4 is 15.9 Å². The Morgan fingerprint density at radius 2 is 1.93 bits per heavy atom. The van der Waals surface area contributed by atoms with Crippen LogP contribution in [0.15, 0.2) is 0 Å². The molecule has 1 rings (SSSR count). The first kappa shape index (κ1) is 13.5. The average Bonchev–Trinajstić information content (AvgIpc) is 2.18. The van der Waals surface area contributed by atoms with Gasteiger partial charge >= 0.3 is 0 Å². The number of aliphatic hydroxyl groups excluding tert-OH is 1. The standard InChI is InChI=1S/C12H24BrNO/c1-10(15)11-4-6-14(7-5-11)9-12(2,3)8-13/h10-11,15H,4-9H2,1-3H3. The van der Waals surface area contributed by atoms with Gasteiger partial charge in [-0.05, 0) is 44.2 Å². The Balaban J connectivity index is 2.32. The summed E-state index contributed by atoms with van der Waals surface area (Å²) in [5.41, 5.74) is 0.359. The van der Waals surface area contributed by atoms with Crippen LogP contribution in [-0.2, 0) is 0 Å². The predicted octanol–water partition coefficient (Wildman–Crippen LogP) is 2.50. The lowest BCUT2D eigenvalue weighted by Crippen LogP contribution is -2.42. The molecule has 0 bridgehead atoms. The molecule has 1 saturated heterocycles. The molecule has 1 heterocycles. The van der Waals surface area contributed by atoms with Crippen LogP contribution >= 0.6 is 15.9 Å². The molecule has 15 heavy (non-hydrogen) atoms. The molecule has 1 N–H and O–H groups in total. The molecule has 0 aromatic rings. The minimum Gasteiger partial charge on any atom is -0.393 e. The van der Waals surface area contributed by atoms with Crippen molar-refractivity contribution < 1.29 is 5.11 Å². The fraction of sp³-hybridized carbons (Fsp3) is 1.00. The maximum atomic E-state index is 9.52. The number of hydrogen-bond donors (Lipinski definition) is 1. The molecule has 1 atom stereocenters. The summed E-state index contributed by atoms with van der Waals surface area (Å²) >= 11 is 3.57. The van der Waals surface area contributed by atoms with Crippen molar-refractivity contribution in [2.45, 2.75) is 39.7 Å². The number of alkyl halides is 1. The first-order valence-electron chi connectivity index (χ1n) is 5.91. The van der Waals surface area contributed by atoms with Crippen LogP contribution in [0.25, 0.3) is 0 Å². The number of likely N-dealkylation sites (tertiary alicyclic amines) is 1. The Bertz CT molecular complexity index is 186. The largest absolute Gasteiger partial charge is 0.393 e. The molecule has 0 aliphatic carbocycles. The Morgan fingerprint density at radius 1 is 1.40 bits per heavy atom. The summed E-state index contributed by atoms with van der Waals surface area (Å²) in [5, 5.41) is 10.6. The van der Waals surface area contributed by atoms with E-state index in [-0.39, 0.29) is 6.10 Å². The molecule has 3 heteroatoms. The van der Waals surface area contributed by atoms with E-state index in [0.29, 0.717) is 11.3 Å². The van der Waals surface area contributed by atoms with E-state index in [1.54, 1.807) is 0 Å². The van der Waals surface area contributed by atoms with Crippen LogP contribution in [0, 0.1) is 11.3 Å². The van der Waals surface area contributed by atoms with Crippen LogP contribution in [-0.4, -0.2) is 41.1 Å². The van der Waals surface area contributed by atoms with Crippen molar-refractivity contribution in [3.63, 3.8) is 0 Å². The summed E-state index contributed by atoms with van der Waals surface area (Å²) in [6, 6.07) is 0. The quantitative estimate of drug-likeness (QED) is 0.799. The lowest BCUT2D eigenvalue weighted by molar-refractivity contribution is 0.0611. The van der Waals surface area contributed by atoms with E-state index in [9.17, 15) is 5.11 Å². The Morgan fingerprint density at radius 3 is 2.33 bits per heavy atom. The molecule has 1 aliphatic heterocycles. The molecule has 0 spiro atoms. The highest BCUT2D eigenvalue weighted by Crippen LogP contribution is 2.25. The highest BCUT2D eigenvalue weighted by molar-refractivity contribution is 9.09. The number of hydrogen-bond acceptors (Lipinski definition) is 2. The maximum absolute atomic E-state index is 9.52. The summed E-state index contributed by atoms with van der Waals surface area (Å²) in [4.78, 5) is 2.53. The van der Waals surface area contributed by atoms with Gasteiger partial charge in [-0.15, -0.1) is 0 Å². The number of aliphatic hydroxyl groups is 1. The highest BCUT2D eigenvalue weighted by atomic mass is 79.9. The van der Waals surface area contributed by atoms with Crippen LogP contribution in [0.1, 0.15) is 33.6 Å². The normalized spacial score (nSPS) is 23.0. The van der Waals surface area contributed by atoms with Crippen molar-refractivity contribution in [3.8, 4) is 0 Å². The molecule has 1 fully saturated rings. The third-order valence-electron chi connectivity index (χ3n) is 3.33. The second-order valence-corrected chi connectivity index (χ2v) is 6.21. The third-order valence-corrected chi connectivity index (χ3v) is 4.85. The zero-order valence-electron chi connectivity index (χ0n) is 10.2. The van der Waals surface area contributed by atoms with Gasteiger partial charge in [-0.3, -0.25) is 0 Å². The molecule has 90 valence electrons. The van der Waals surface area contributed by atoms with Gasteiger partial charge in [-0.2, -0.15) is 0 Å². The monoisotopic (exact) mass is 277 g/mol. The zero-order chi connectivity index (χ0) is 11.5. The summed E-state index contributed by atoms with van der Waals surface area (Å²) in [5.74, 6) is 0.522. The van der Waals surface area contributed by atoms with Crippen molar-refractivity contribution in [2.75, 3.05) is 25.0 Å². The second kappa shape index (κ2) is 5.65. The fourth-order valence-corrected chi connectivity index (χ4v) is 2.42. The molecular weight excluding hydrogens is 254 g/mol. The lowest BCUT2D eigenvalue weighted by Gasteiger charge is -2.37. The minimum atomic E-state index is -0.128.